The molecule has 1 amide bonds. The summed E-state index contributed by atoms with van der Waals surface area (Å²) in [7, 11) is 0. The van der Waals surface area contributed by atoms with Gasteiger partial charge in [-0.15, -0.1) is 0 Å². The van der Waals surface area contributed by atoms with Crippen LogP contribution in [0.3, 0.4) is 0 Å². The Kier molecular flexibility index (Phi) is 5.68. The number of hydrogen-bond acceptors (Lipinski definition) is 3. The van der Waals surface area contributed by atoms with Crippen LogP contribution in [0.1, 0.15) is 54.9 Å². The van der Waals surface area contributed by atoms with Crippen molar-refractivity contribution < 1.29 is 14.3 Å². The van der Waals surface area contributed by atoms with Crippen LogP contribution in [0.2, 0.25) is 0 Å². The Morgan fingerprint density at radius 2 is 1.70 bits per heavy atom. The van der Waals surface area contributed by atoms with Crippen molar-refractivity contribution in [2.24, 2.45) is 0 Å². The number of benzene rings is 1. The molecule has 5 heteroatoms. The lowest BCUT2D eigenvalue weighted by Crippen LogP contribution is -2.49. The van der Waals surface area contributed by atoms with Crippen molar-refractivity contribution in [1.82, 2.24) is 9.47 Å². The number of nitrogens with zero attached hydrogens (tertiary/aromatic N) is 2. The monoisotopic (exact) mass is 368 g/mol. The molecule has 1 saturated heterocycles. The highest BCUT2D eigenvalue weighted by atomic mass is 16.5. The Morgan fingerprint density at radius 1 is 1.07 bits per heavy atom. The molecule has 1 aromatic heterocycles. The van der Waals surface area contributed by atoms with Gasteiger partial charge in [-0.25, -0.2) is 4.79 Å². The van der Waals surface area contributed by atoms with Gasteiger partial charge < -0.3 is 14.2 Å². The highest BCUT2D eigenvalue weighted by Crippen LogP contribution is 2.24. The van der Waals surface area contributed by atoms with Gasteiger partial charge in [0.1, 0.15) is 0 Å². The smallest absolute Gasteiger partial charge is 0.340 e. The zero-order chi connectivity index (χ0) is 19.6. The molecule has 1 aliphatic rings. The quantitative estimate of drug-likeness (QED) is 0.765. The minimum absolute atomic E-state index is 0.111. The fraction of sp³-hybridized carbons (Fsp3) is 0.455. The third-order valence-corrected chi connectivity index (χ3v) is 5.47. The van der Waals surface area contributed by atoms with Crippen molar-refractivity contribution in [3.63, 3.8) is 0 Å². The lowest BCUT2D eigenvalue weighted by molar-refractivity contribution is -0.140. The Hall–Kier alpha value is -2.56. The molecule has 0 N–H and O–H groups in total. The predicted octanol–water partition coefficient (Wildman–Crippen LogP) is 4.04. The van der Waals surface area contributed by atoms with Gasteiger partial charge in [0.2, 0.25) is 0 Å². The molecule has 1 aromatic carbocycles. The zero-order valence-corrected chi connectivity index (χ0v) is 16.6. The molecule has 0 radical (unpaired) electrons. The number of para-hydroxylation sites is 1. The first-order chi connectivity index (χ1) is 12.9. The van der Waals surface area contributed by atoms with Gasteiger partial charge in [0.05, 0.1) is 5.56 Å². The Bertz CT molecular complexity index is 816. The van der Waals surface area contributed by atoms with E-state index in [4.69, 9.17) is 4.74 Å². The van der Waals surface area contributed by atoms with E-state index in [2.05, 4.69) is 13.8 Å². The van der Waals surface area contributed by atoms with Crippen LogP contribution < -0.4 is 0 Å². The Balaban J connectivity index is 1.71. The number of carbonyl (C=O) groups excluding carboxylic acids is 2. The first-order valence-corrected chi connectivity index (χ1v) is 9.62. The molecule has 0 aliphatic carbocycles. The van der Waals surface area contributed by atoms with Gasteiger partial charge in [-0.1, -0.05) is 18.2 Å². The third-order valence-electron chi connectivity index (χ3n) is 5.47. The summed E-state index contributed by atoms with van der Waals surface area (Å²) in [4.78, 5) is 27.0. The van der Waals surface area contributed by atoms with E-state index in [0.29, 0.717) is 5.56 Å². The van der Waals surface area contributed by atoms with E-state index in [9.17, 15) is 9.59 Å². The topological polar surface area (TPSA) is 51.5 Å². The second-order valence-electron chi connectivity index (χ2n) is 7.46. The van der Waals surface area contributed by atoms with Crippen LogP contribution in [0.4, 0.5) is 0 Å². The summed E-state index contributed by atoms with van der Waals surface area (Å²) in [6, 6.07) is 12.1. The summed E-state index contributed by atoms with van der Waals surface area (Å²) >= 11 is 0. The first-order valence-electron chi connectivity index (χ1n) is 9.62. The number of piperidine rings is 1. The number of aromatic nitrogens is 1. The van der Waals surface area contributed by atoms with Crippen molar-refractivity contribution >= 4 is 11.9 Å². The van der Waals surface area contributed by atoms with Crippen LogP contribution in [-0.4, -0.2) is 40.0 Å². The lowest BCUT2D eigenvalue weighted by Gasteiger charge is -2.38. The molecule has 3 rings (SSSR count). The highest BCUT2D eigenvalue weighted by Gasteiger charge is 2.29. The standard InChI is InChI=1S/C22H28N2O3/c1-15-9-8-10-16(2)23(15)21(25)14-27-22(26)20-13-17(3)24(18(20)4)19-11-6-5-7-12-19/h5-7,11-13,15-16H,8-10,14H2,1-4H3/t15-,16-/m0/s1. The zero-order valence-electron chi connectivity index (χ0n) is 16.6. The fourth-order valence-corrected chi connectivity index (χ4v) is 4.14. The molecule has 2 atom stereocenters. The van der Waals surface area contributed by atoms with Crippen molar-refractivity contribution in [3.8, 4) is 5.69 Å². The largest absolute Gasteiger partial charge is 0.452 e. The fourth-order valence-electron chi connectivity index (χ4n) is 4.14. The van der Waals surface area contributed by atoms with Crippen molar-refractivity contribution in [2.75, 3.05) is 6.61 Å². The molecule has 2 aromatic rings. The number of carbonyl (C=O) groups is 2. The summed E-state index contributed by atoms with van der Waals surface area (Å²) in [5.74, 6) is -0.559. The molecule has 2 heterocycles. The highest BCUT2D eigenvalue weighted by molar-refractivity contribution is 5.93. The predicted molar refractivity (Wildman–Crippen MR) is 105 cm³/mol. The van der Waals surface area contributed by atoms with Gasteiger partial charge in [-0.05, 0) is 65.2 Å². The van der Waals surface area contributed by atoms with Crippen molar-refractivity contribution in [2.45, 2.75) is 59.0 Å². The minimum Gasteiger partial charge on any atom is -0.452 e. The summed E-state index contributed by atoms with van der Waals surface area (Å²) in [5, 5.41) is 0. The van der Waals surface area contributed by atoms with E-state index in [-0.39, 0.29) is 24.6 Å². The number of rotatable bonds is 4. The first kappa shape index (κ1) is 19.2. The van der Waals surface area contributed by atoms with Crippen LogP contribution in [0.25, 0.3) is 5.69 Å². The maximum absolute atomic E-state index is 12.6. The van der Waals surface area contributed by atoms with Crippen LogP contribution in [0.5, 0.6) is 0 Å². The Labute approximate surface area is 160 Å². The van der Waals surface area contributed by atoms with E-state index < -0.39 is 5.97 Å². The maximum atomic E-state index is 12.6. The third kappa shape index (κ3) is 3.92. The molecule has 0 saturated carbocycles. The van der Waals surface area contributed by atoms with E-state index in [1.807, 2.05) is 59.7 Å². The minimum atomic E-state index is -0.448. The SMILES string of the molecule is Cc1cc(C(=O)OCC(=O)N2[C@@H](C)CCC[C@@H]2C)c(C)n1-c1ccccc1. The van der Waals surface area contributed by atoms with E-state index in [1.165, 1.54) is 0 Å². The van der Waals surface area contributed by atoms with Gasteiger partial charge in [-0.2, -0.15) is 0 Å². The number of amides is 1. The van der Waals surface area contributed by atoms with Crippen LogP contribution >= 0.6 is 0 Å². The maximum Gasteiger partial charge on any atom is 0.340 e. The van der Waals surface area contributed by atoms with Gasteiger partial charge >= 0.3 is 5.97 Å². The molecule has 0 spiro atoms. The number of esters is 1. The van der Waals surface area contributed by atoms with Crippen molar-refractivity contribution in [1.29, 1.82) is 0 Å². The average molecular weight is 368 g/mol. The Morgan fingerprint density at radius 3 is 2.33 bits per heavy atom. The van der Waals surface area contributed by atoms with Gasteiger partial charge in [0.15, 0.2) is 6.61 Å². The molecule has 1 aliphatic heterocycles. The molecule has 27 heavy (non-hydrogen) atoms. The number of ether oxygens (including phenoxy) is 1. The summed E-state index contributed by atoms with van der Waals surface area (Å²) in [5.41, 5.74) is 3.27. The number of aryl methyl sites for hydroxylation is 1. The van der Waals surface area contributed by atoms with Crippen LogP contribution in [-0.2, 0) is 9.53 Å². The van der Waals surface area contributed by atoms with Crippen molar-refractivity contribution in [3.05, 3.63) is 53.3 Å². The lowest BCUT2D eigenvalue weighted by atomic mass is 9.97. The van der Waals surface area contributed by atoms with E-state index in [0.717, 1.165) is 36.3 Å². The summed E-state index contributed by atoms with van der Waals surface area (Å²) in [6.45, 7) is 7.76. The van der Waals surface area contributed by atoms with Gasteiger partial charge in [0, 0.05) is 29.2 Å². The van der Waals surface area contributed by atoms with Crippen LogP contribution in [0.15, 0.2) is 36.4 Å². The molecule has 144 valence electrons. The van der Waals surface area contributed by atoms with E-state index >= 15 is 0 Å². The molecule has 0 unspecified atom stereocenters. The van der Waals surface area contributed by atoms with Gasteiger partial charge in [-0.3, -0.25) is 4.79 Å². The summed E-state index contributed by atoms with van der Waals surface area (Å²) < 4.78 is 7.40. The average Bonchev–Trinajstić information content (AvgIpc) is 2.94. The van der Waals surface area contributed by atoms with Gasteiger partial charge in [0.25, 0.3) is 5.91 Å². The second kappa shape index (κ2) is 7.99. The number of likely N-dealkylation sites (tertiary alicyclic amines) is 1. The number of hydrogen-bond donors (Lipinski definition) is 0. The van der Waals surface area contributed by atoms with E-state index in [1.54, 1.807) is 0 Å². The normalized spacial score (nSPS) is 19.8. The molecule has 0 bridgehead atoms. The second-order valence-corrected chi connectivity index (χ2v) is 7.46. The molecule has 1 fully saturated rings. The van der Waals surface area contributed by atoms with Crippen LogP contribution in [0, 0.1) is 13.8 Å². The molecular formula is C22H28N2O3. The molecular weight excluding hydrogens is 340 g/mol. The molecule has 5 nitrogen and oxygen atoms in total. The summed E-state index contributed by atoms with van der Waals surface area (Å²) in [6.07, 6.45) is 3.14.